The van der Waals surface area contributed by atoms with E-state index in [1.807, 2.05) is 0 Å². The van der Waals surface area contributed by atoms with Crippen LogP contribution in [0.4, 0.5) is 0 Å². The number of aromatic nitrogens is 1. The molecule has 1 aliphatic rings. The second-order valence-corrected chi connectivity index (χ2v) is 9.63. The first-order valence-corrected chi connectivity index (χ1v) is 11.1. The van der Waals surface area contributed by atoms with Crippen molar-refractivity contribution >= 4 is 43.5 Å². The van der Waals surface area contributed by atoms with Crippen molar-refractivity contribution in [3.63, 3.8) is 0 Å². The van der Waals surface area contributed by atoms with Gasteiger partial charge in [0.2, 0.25) is 10.0 Å². The predicted octanol–water partition coefficient (Wildman–Crippen LogP) is 3.33. The third-order valence-electron chi connectivity index (χ3n) is 4.57. The van der Waals surface area contributed by atoms with Crippen molar-refractivity contribution in [1.82, 2.24) is 14.6 Å². The number of hydrogen-bond acceptors (Lipinski definition) is 4. The van der Waals surface area contributed by atoms with Crippen LogP contribution in [0.25, 0.3) is 0 Å². The van der Waals surface area contributed by atoms with Crippen LogP contribution in [0.2, 0.25) is 5.02 Å². The number of pyridine rings is 1. The van der Waals surface area contributed by atoms with E-state index in [9.17, 15) is 13.2 Å². The van der Waals surface area contributed by atoms with Gasteiger partial charge < -0.3 is 5.32 Å². The fraction of sp³-hybridized carbons (Fsp3) is 0.333. The average molecular weight is 473 g/mol. The number of benzene rings is 1. The molecule has 0 unspecified atom stereocenters. The summed E-state index contributed by atoms with van der Waals surface area (Å²) in [4.78, 5) is 16.4. The minimum atomic E-state index is -3.51. The zero-order chi connectivity index (χ0) is 19.4. The Bertz CT molecular complexity index is 917. The first-order chi connectivity index (χ1) is 12.9. The highest BCUT2D eigenvalue weighted by atomic mass is 79.9. The molecule has 1 amide bonds. The van der Waals surface area contributed by atoms with Gasteiger partial charge in [-0.25, -0.2) is 8.42 Å². The Hall–Kier alpha value is -1.48. The van der Waals surface area contributed by atoms with Gasteiger partial charge in [-0.3, -0.25) is 9.78 Å². The third kappa shape index (κ3) is 4.87. The van der Waals surface area contributed by atoms with Crippen molar-refractivity contribution in [2.24, 2.45) is 5.92 Å². The summed E-state index contributed by atoms with van der Waals surface area (Å²) in [6.45, 7) is 1.34. The van der Waals surface area contributed by atoms with Crippen LogP contribution in [0.15, 0.2) is 52.1 Å². The number of nitrogens with one attached hydrogen (secondary N) is 1. The Morgan fingerprint density at radius 3 is 2.70 bits per heavy atom. The molecule has 2 aromatic rings. The molecule has 0 atom stereocenters. The molecular weight excluding hydrogens is 454 g/mol. The van der Waals surface area contributed by atoms with Crippen molar-refractivity contribution in [3.8, 4) is 0 Å². The van der Waals surface area contributed by atoms with Gasteiger partial charge in [0.25, 0.3) is 5.91 Å². The zero-order valence-electron chi connectivity index (χ0n) is 14.4. The number of amides is 1. The lowest BCUT2D eigenvalue weighted by Gasteiger charge is -2.31. The quantitative estimate of drug-likeness (QED) is 0.724. The molecule has 6 nitrogen and oxygen atoms in total. The molecule has 0 aliphatic carbocycles. The highest BCUT2D eigenvalue weighted by Gasteiger charge is 2.29. The number of carbonyl (C=O) groups excluding carboxylic acids is 1. The summed E-state index contributed by atoms with van der Waals surface area (Å²) in [7, 11) is -3.51. The Kier molecular flexibility index (Phi) is 6.52. The van der Waals surface area contributed by atoms with Gasteiger partial charge in [-0.2, -0.15) is 4.31 Å². The predicted molar refractivity (Wildman–Crippen MR) is 107 cm³/mol. The van der Waals surface area contributed by atoms with Crippen LogP contribution in [-0.2, 0) is 10.0 Å². The van der Waals surface area contributed by atoms with Gasteiger partial charge in [-0.1, -0.05) is 27.5 Å². The van der Waals surface area contributed by atoms with Gasteiger partial charge >= 0.3 is 0 Å². The molecule has 27 heavy (non-hydrogen) atoms. The van der Waals surface area contributed by atoms with E-state index in [1.54, 1.807) is 36.5 Å². The number of hydrogen-bond donors (Lipinski definition) is 1. The number of halogens is 2. The van der Waals surface area contributed by atoms with E-state index in [4.69, 9.17) is 11.6 Å². The molecule has 1 aromatic carbocycles. The van der Waals surface area contributed by atoms with E-state index >= 15 is 0 Å². The topological polar surface area (TPSA) is 79.4 Å². The van der Waals surface area contributed by atoms with Crippen molar-refractivity contribution in [1.29, 1.82) is 0 Å². The van der Waals surface area contributed by atoms with Crippen molar-refractivity contribution in [2.75, 3.05) is 19.6 Å². The molecule has 3 rings (SSSR count). The number of rotatable bonds is 5. The van der Waals surface area contributed by atoms with Crippen LogP contribution >= 0.6 is 27.5 Å². The van der Waals surface area contributed by atoms with Crippen LogP contribution < -0.4 is 5.32 Å². The lowest BCUT2D eigenvalue weighted by Crippen LogP contribution is -2.41. The highest BCUT2D eigenvalue weighted by molar-refractivity contribution is 9.10. The Labute approximate surface area is 172 Å². The second kappa shape index (κ2) is 8.68. The number of carbonyl (C=O) groups is 1. The van der Waals surface area contributed by atoms with Gasteiger partial charge in [-0.15, -0.1) is 0 Å². The molecule has 1 fully saturated rings. The number of nitrogens with zero attached hydrogens (tertiary/aromatic N) is 2. The molecule has 0 spiro atoms. The molecule has 2 heterocycles. The Balaban J connectivity index is 1.54. The van der Waals surface area contributed by atoms with E-state index in [1.165, 1.54) is 10.5 Å². The summed E-state index contributed by atoms with van der Waals surface area (Å²) in [6.07, 6.45) is 4.28. The fourth-order valence-corrected chi connectivity index (χ4v) is 5.01. The first kappa shape index (κ1) is 20.3. The summed E-state index contributed by atoms with van der Waals surface area (Å²) in [5, 5.41) is 3.30. The third-order valence-corrected chi connectivity index (χ3v) is 7.28. The largest absolute Gasteiger partial charge is 0.352 e. The summed E-state index contributed by atoms with van der Waals surface area (Å²) < 4.78 is 27.5. The van der Waals surface area contributed by atoms with Crippen LogP contribution in [0, 0.1) is 5.92 Å². The normalized spacial score (nSPS) is 16.2. The van der Waals surface area contributed by atoms with Crippen molar-refractivity contribution in [2.45, 2.75) is 17.7 Å². The van der Waals surface area contributed by atoms with E-state index in [-0.39, 0.29) is 16.7 Å². The van der Waals surface area contributed by atoms with E-state index in [0.717, 1.165) is 4.47 Å². The summed E-state index contributed by atoms with van der Waals surface area (Å²) in [5.41, 5.74) is 0.419. The monoisotopic (exact) mass is 471 g/mol. The second-order valence-electron chi connectivity index (χ2n) is 6.37. The van der Waals surface area contributed by atoms with Gasteiger partial charge in [0.1, 0.15) is 4.90 Å². The molecule has 1 saturated heterocycles. The molecule has 144 valence electrons. The maximum absolute atomic E-state index is 12.6. The number of piperidine rings is 1. The summed E-state index contributed by atoms with van der Waals surface area (Å²) in [5.74, 6) is -0.00746. The molecule has 9 heteroatoms. The minimum absolute atomic E-state index is 0.209. The molecule has 0 radical (unpaired) electrons. The zero-order valence-corrected chi connectivity index (χ0v) is 17.6. The fourth-order valence-electron chi connectivity index (χ4n) is 3.01. The molecule has 1 N–H and O–H groups in total. The average Bonchev–Trinajstić information content (AvgIpc) is 2.69. The van der Waals surface area contributed by atoms with E-state index in [2.05, 4.69) is 26.2 Å². The van der Waals surface area contributed by atoms with Crippen LogP contribution in [0.3, 0.4) is 0 Å². The molecule has 1 aromatic heterocycles. The first-order valence-electron chi connectivity index (χ1n) is 8.51. The van der Waals surface area contributed by atoms with Crippen LogP contribution in [0.5, 0.6) is 0 Å². The Morgan fingerprint density at radius 2 is 2.04 bits per heavy atom. The van der Waals surface area contributed by atoms with Gasteiger partial charge in [-0.05, 0) is 49.1 Å². The maximum Gasteiger partial charge on any atom is 0.252 e. The van der Waals surface area contributed by atoms with Crippen LogP contribution in [-0.4, -0.2) is 43.2 Å². The number of sulfonamides is 1. The van der Waals surface area contributed by atoms with Crippen LogP contribution in [0.1, 0.15) is 23.2 Å². The lowest BCUT2D eigenvalue weighted by molar-refractivity contribution is 0.0941. The van der Waals surface area contributed by atoms with Gasteiger partial charge in [0, 0.05) is 36.5 Å². The maximum atomic E-state index is 12.6. The molecule has 0 saturated carbocycles. The Morgan fingerprint density at radius 1 is 1.30 bits per heavy atom. The van der Waals surface area contributed by atoms with Crippen molar-refractivity contribution in [3.05, 3.63) is 57.8 Å². The smallest absolute Gasteiger partial charge is 0.252 e. The molecule has 0 bridgehead atoms. The SMILES string of the molecule is O=C(NCC1CCN(S(=O)(=O)c2cccnc2)CC1)c1cc(Br)ccc1Cl. The minimum Gasteiger partial charge on any atom is -0.352 e. The summed E-state index contributed by atoms with van der Waals surface area (Å²) in [6, 6.07) is 8.29. The highest BCUT2D eigenvalue weighted by Crippen LogP contribution is 2.24. The lowest BCUT2D eigenvalue weighted by atomic mass is 9.98. The molecular formula is C18H19BrClN3O3S. The standard InChI is InChI=1S/C18H19BrClN3O3S/c19-14-3-4-17(20)16(10-14)18(24)22-11-13-5-8-23(9-6-13)27(25,26)15-2-1-7-21-12-15/h1-4,7,10,12-13H,5-6,8-9,11H2,(H,22,24). The van der Waals surface area contributed by atoms with Crippen molar-refractivity contribution < 1.29 is 13.2 Å². The van der Waals surface area contributed by atoms with E-state index < -0.39 is 10.0 Å². The van der Waals surface area contributed by atoms with Gasteiger partial charge in [0.05, 0.1) is 10.6 Å². The summed E-state index contributed by atoms with van der Waals surface area (Å²) >= 11 is 9.41. The van der Waals surface area contributed by atoms with Gasteiger partial charge in [0.15, 0.2) is 0 Å². The van der Waals surface area contributed by atoms with E-state index in [0.29, 0.717) is 43.1 Å². The molecule has 1 aliphatic heterocycles.